The summed E-state index contributed by atoms with van der Waals surface area (Å²) < 4.78 is 22.5. The molecule has 0 aromatic carbocycles. The Morgan fingerprint density at radius 2 is 1.33 bits per heavy atom. The molecule has 0 spiro atoms. The molecule has 0 atom stereocenters. The van der Waals surface area contributed by atoms with Gasteiger partial charge >= 0.3 is 33.9 Å². The van der Waals surface area contributed by atoms with Crippen LogP contribution in [0.2, 0.25) is 0 Å². The van der Waals surface area contributed by atoms with Crippen molar-refractivity contribution in [1.29, 1.82) is 0 Å². The Bertz CT molecular complexity index is 209. The first-order valence-electron chi connectivity index (χ1n) is 3.18. The number of rotatable bonds is 2. The van der Waals surface area contributed by atoms with E-state index in [4.69, 9.17) is 14.0 Å². The first-order valence-corrected chi connectivity index (χ1v) is 3.18. The quantitative estimate of drug-likeness (QED) is 0.241. The molecule has 0 rings (SSSR count). The second kappa shape index (κ2) is 52.5. The molecule has 5 heteroatoms. The van der Waals surface area contributed by atoms with E-state index in [9.17, 15) is 4.79 Å². The van der Waals surface area contributed by atoms with Crippen LogP contribution >= 0.6 is 0 Å². The SMILES string of the molecule is CC=CC=CC(C)=O.[C-]#[O+].[C-]#[O+].[C-]#[O+].[Fe]. The number of allylic oxidation sites excluding steroid dienone is 4. The van der Waals surface area contributed by atoms with Crippen LogP contribution in [0.5, 0.6) is 0 Å². The van der Waals surface area contributed by atoms with Crippen LogP contribution < -0.4 is 0 Å². The summed E-state index contributed by atoms with van der Waals surface area (Å²) in [7, 11) is 0. The molecular weight excluding hydrogens is 240 g/mol. The Kier molecular flexibility index (Phi) is 102. The van der Waals surface area contributed by atoms with Crippen molar-refractivity contribution in [3.8, 4) is 0 Å². The Morgan fingerprint density at radius 3 is 1.53 bits per heavy atom. The summed E-state index contributed by atoms with van der Waals surface area (Å²) in [6.07, 6.45) is 6.95. The molecule has 4 nitrogen and oxygen atoms in total. The predicted octanol–water partition coefficient (Wildman–Crippen LogP) is 1.59. The predicted molar refractivity (Wildman–Crippen MR) is 46.4 cm³/mol. The van der Waals surface area contributed by atoms with Crippen molar-refractivity contribution in [3.05, 3.63) is 44.3 Å². The van der Waals surface area contributed by atoms with Gasteiger partial charge < -0.3 is 0 Å². The number of ketones is 1. The van der Waals surface area contributed by atoms with Crippen LogP contribution in [-0.4, -0.2) is 5.78 Å². The van der Waals surface area contributed by atoms with Gasteiger partial charge in [0.25, 0.3) is 0 Å². The van der Waals surface area contributed by atoms with E-state index in [0.29, 0.717) is 0 Å². The standard InChI is InChI=1S/C7H10O.3CO.Fe/c1-3-4-5-6-7(2)8;3*1-2;/h3-6H,1-2H3;;;;. The molecule has 0 amide bonds. The second-order valence-corrected chi connectivity index (χ2v) is 1.50. The van der Waals surface area contributed by atoms with Crippen molar-refractivity contribution < 1.29 is 35.8 Å². The molecule has 0 heterocycles. The molecule has 0 bridgehead atoms. The maximum atomic E-state index is 10.2. The van der Waals surface area contributed by atoms with E-state index >= 15 is 0 Å². The number of hydrogen-bond donors (Lipinski definition) is 0. The van der Waals surface area contributed by atoms with E-state index in [1.165, 1.54) is 13.0 Å². The molecule has 0 aliphatic rings. The molecule has 0 unspecified atom stereocenters. The molecule has 0 radical (unpaired) electrons. The van der Waals surface area contributed by atoms with Gasteiger partial charge in [0.05, 0.1) is 0 Å². The van der Waals surface area contributed by atoms with Crippen LogP contribution in [0.1, 0.15) is 13.8 Å². The summed E-state index contributed by atoms with van der Waals surface area (Å²) in [6, 6.07) is 0. The van der Waals surface area contributed by atoms with E-state index in [0.717, 1.165) is 0 Å². The van der Waals surface area contributed by atoms with Gasteiger partial charge in [-0.1, -0.05) is 18.2 Å². The minimum absolute atomic E-state index is 0. The minimum Gasteiger partial charge on any atom is 0 e. The van der Waals surface area contributed by atoms with Crippen LogP contribution in [0.25, 0.3) is 0 Å². The molecule has 0 aromatic heterocycles. The monoisotopic (exact) mass is 250 g/mol. The van der Waals surface area contributed by atoms with Crippen LogP contribution in [-0.2, 0) is 35.8 Å². The van der Waals surface area contributed by atoms with Gasteiger partial charge in [-0.3, -0.25) is 4.79 Å². The Balaban J connectivity index is -0.0000000410. The van der Waals surface area contributed by atoms with E-state index in [-0.39, 0.29) is 22.9 Å². The zero-order valence-electron chi connectivity index (χ0n) is 8.30. The van der Waals surface area contributed by atoms with Crippen molar-refractivity contribution in [3.63, 3.8) is 0 Å². The Hall–Kier alpha value is -1.11. The fraction of sp³-hybridized carbons (Fsp3) is 0.200. The van der Waals surface area contributed by atoms with Crippen molar-refractivity contribution in [2.75, 3.05) is 0 Å². The third-order valence-corrected chi connectivity index (χ3v) is 0.634. The van der Waals surface area contributed by atoms with E-state index in [1.54, 1.807) is 6.08 Å². The zero-order valence-corrected chi connectivity index (χ0v) is 9.40. The van der Waals surface area contributed by atoms with Gasteiger partial charge in [0.15, 0.2) is 5.78 Å². The molecule has 0 fully saturated rings. The third-order valence-electron chi connectivity index (χ3n) is 0.634. The maximum absolute atomic E-state index is 10.2. The average Bonchev–Trinajstić information content (AvgIpc) is 2.27. The second-order valence-electron chi connectivity index (χ2n) is 1.50. The van der Waals surface area contributed by atoms with Gasteiger partial charge in [0.1, 0.15) is 0 Å². The van der Waals surface area contributed by atoms with Crippen LogP contribution in [0.4, 0.5) is 0 Å². The number of hydrogen-bond acceptors (Lipinski definition) is 1. The average molecular weight is 250 g/mol. The molecule has 0 aliphatic heterocycles. The summed E-state index contributed by atoms with van der Waals surface area (Å²) in [6.45, 7) is 16.9. The smallest absolute Gasteiger partial charge is 0 e. The van der Waals surface area contributed by atoms with E-state index in [1.807, 2.05) is 19.1 Å². The maximum Gasteiger partial charge on any atom is 0 e. The molecule has 0 N–H and O–H groups in total. The first kappa shape index (κ1) is 29.2. The molecule has 82 valence electrons. The molecular formula is C10H10FeO4. The van der Waals surface area contributed by atoms with E-state index in [2.05, 4.69) is 20.0 Å². The Morgan fingerprint density at radius 1 is 1.00 bits per heavy atom. The van der Waals surface area contributed by atoms with Gasteiger partial charge in [-0.2, -0.15) is 0 Å². The fourth-order valence-corrected chi connectivity index (χ4v) is 0.302. The van der Waals surface area contributed by atoms with Gasteiger partial charge in [-0.15, -0.1) is 0 Å². The van der Waals surface area contributed by atoms with Crippen LogP contribution in [0.15, 0.2) is 24.3 Å². The number of carbonyl (C=O) groups excluding carboxylic acids is 1. The number of carbonyl (C=O) groups is 1. The van der Waals surface area contributed by atoms with Crippen molar-refractivity contribution in [2.45, 2.75) is 13.8 Å². The van der Waals surface area contributed by atoms with Crippen molar-refractivity contribution in [1.82, 2.24) is 0 Å². The zero-order chi connectivity index (χ0) is 12.4. The van der Waals surface area contributed by atoms with Gasteiger partial charge in [0, 0.05) is 17.1 Å². The summed E-state index contributed by atoms with van der Waals surface area (Å²) >= 11 is 0. The van der Waals surface area contributed by atoms with Gasteiger partial charge in [-0.05, 0) is 19.9 Å². The summed E-state index contributed by atoms with van der Waals surface area (Å²) in [4.78, 5) is 10.2. The van der Waals surface area contributed by atoms with Gasteiger partial charge in [0.2, 0.25) is 0 Å². The summed E-state index contributed by atoms with van der Waals surface area (Å²) in [5, 5.41) is 0. The van der Waals surface area contributed by atoms with Crippen LogP contribution in [0, 0.1) is 20.0 Å². The molecule has 0 saturated carbocycles. The molecule has 0 aliphatic carbocycles. The van der Waals surface area contributed by atoms with Crippen LogP contribution in [0.3, 0.4) is 0 Å². The largest absolute Gasteiger partial charge is 0 e. The first-order chi connectivity index (χ1) is 6.77. The third kappa shape index (κ3) is 101. The molecule has 0 aromatic rings. The van der Waals surface area contributed by atoms with Crippen molar-refractivity contribution >= 4 is 5.78 Å². The normalized spacial score (nSPS) is 6.40. The minimum atomic E-state index is 0. The summed E-state index contributed by atoms with van der Waals surface area (Å²) in [5.74, 6) is 0.0862. The van der Waals surface area contributed by atoms with Gasteiger partial charge in [-0.25, -0.2) is 0 Å². The molecule has 0 saturated heterocycles. The topological polar surface area (TPSA) is 76.8 Å². The van der Waals surface area contributed by atoms with Crippen molar-refractivity contribution in [2.24, 2.45) is 0 Å². The molecule has 15 heavy (non-hydrogen) atoms. The summed E-state index contributed by atoms with van der Waals surface area (Å²) in [5.41, 5.74) is 0. The fourth-order valence-electron chi connectivity index (χ4n) is 0.302. The Labute approximate surface area is 100 Å². The van der Waals surface area contributed by atoms with E-state index < -0.39 is 0 Å².